The number of esters is 1. The maximum atomic E-state index is 11.8. The number of benzene rings is 1. The van der Waals surface area contributed by atoms with Gasteiger partial charge in [-0.3, -0.25) is 0 Å². The molecule has 2 rings (SSSR count). The van der Waals surface area contributed by atoms with E-state index in [9.17, 15) is 4.79 Å². The molecule has 0 saturated heterocycles. The van der Waals surface area contributed by atoms with Crippen molar-refractivity contribution in [1.82, 2.24) is 4.98 Å². The molecule has 0 spiro atoms. The quantitative estimate of drug-likeness (QED) is 0.802. The smallest absolute Gasteiger partial charge is 0.355 e. The van der Waals surface area contributed by atoms with Gasteiger partial charge in [0.25, 0.3) is 0 Å². The first-order chi connectivity index (χ1) is 10.2. The monoisotopic (exact) mass is 289 g/mol. The molecule has 0 fully saturated rings. The minimum atomic E-state index is -0.460. The van der Waals surface area contributed by atoms with Gasteiger partial charge in [-0.2, -0.15) is 0 Å². The van der Waals surface area contributed by atoms with Gasteiger partial charge in [0.1, 0.15) is 18.1 Å². The van der Waals surface area contributed by atoms with E-state index < -0.39 is 5.97 Å². The van der Waals surface area contributed by atoms with Crippen LogP contribution in [0, 0.1) is 6.92 Å². The largest absolute Gasteiger partial charge is 0.494 e. The van der Waals surface area contributed by atoms with Crippen molar-refractivity contribution in [2.24, 2.45) is 0 Å². The molecule has 0 aliphatic rings. The van der Waals surface area contributed by atoms with Crippen LogP contribution in [-0.4, -0.2) is 35.9 Å². The molecule has 5 heteroatoms. The van der Waals surface area contributed by atoms with Gasteiger partial charge in [0, 0.05) is 5.69 Å². The summed E-state index contributed by atoms with van der Waals surface area (Å²) in [5, 5.41) is 8.68. The van der Waals surface area contributed by atoms with Crippen LogP contribution in [0.1, 0.15) is 23.0 Å². The highest BCUT2D eigenvalue weighted by molar-refractivity contribution is 5.90. The third-order valence-electron chi connectivity index (χ3n) is 3.02. The second kappa shape index (κ2) is 6.95. The molecular formula is C16H19NO4. The van der Waals surface area contributed by atoms with E-state index in [1.54, 1.807) is 0 Å². The zero-order valence-corrected chi connectivity index (χ0v) is 12.2. The molecule has 0 saturated carbocycles. The van der Waals surface area contributed by atoms with Gasteiger partial charge < -0.3 is 19.6 Å². The van der Waals surface area contributed by atoms with E-state index in [-0.39, 0.29) is 13.2 Å². The Kier molecular flexibility index (Phi) is 5.00. The number of hydrogen-bond donors (Lipinski definition) is 2. The second-order valence-corrected chi connectivity index (χ2v) is 4.56. The molecule has 0 aliphatic heterocycles. The molecule has 0 amide bonds. The summed E-state index contributed by atoms with van der Waals surface area (Å²) in [5.74, 6) is 0.353. The third kappa shape index (κ3) is 3.64. The maximum absolute atomic E-state index is 11.8. The maximum Gasteiger partial charge on any atom is 0.355 e. The number of ether oxygens (including phenoxy) is 2. The predicted molar refractivity (Wildman–Crippen MR) is 79.5 cm³/mol. The highest BCUT2D eigenvalue weighted by Gasteiger charge is 2.14. The first-order valence-electron chi connectivity index (χ1n) is 6.86. The van der Waals surface area contributed by atoms with Crippen molar-refractivity contribution < 1.29 is 19.4 Å². The number of hydrogen-bond acceptors (Lipinski definition) is 4. The van der Waals surface area contributed by atoms with Crippen LogP contribution < -0.4 is 4.74 Å². The Balaban J connectivity index is 2.19. The standard InChI is InChI=1S/C16H19NO4/c1-3-20-13-6-4-12(5-7-13)14-10-11(2)15(17-14)16(19)21-9-8-18/h4-7,10,17-18H,3,8-9H2,1-2H3. The van der Waals surface area contributed by atoms with Crippen LogP contribution in [0.25, 0.3) is 11.3 Å². The number of carbonyl (C=O) groups is 1. The van der Waals surface area contributed by atoms with Crippen LogP contribution in [0.3, 0.4) is 0 Å². The first kappa shape index (κ1) is 15.1. The predicted octanol–water partition coefficient (Wildman–Crippen LogP) is 2.54. The third-order valence-corrected chi connectivity index (χ3v) is 3.02. The molecule has 1 aromatic carbocycles. The summed E-state index contributed by atoms with van der Waals surface area (Å²) in [7, 11) is 0. The van der Waals surface area contributed by atoms with Crippen LogP contribution in [0.4, 0.5) is 0 Å². The number of carbonyl (C=O) groups excluding carboxylic acids is 1. The fraction of sp³-hybridized carbons (Fsp3) is 0.312. The normalized spacial score (nSPS) is 10.4. The Morgan fingerprint density at radius 1 is 1.29 bits per heavy atom. The van der Waals surface area contributed by atoms with E-state index in [4.69, 9.17) is 14.6 Å². The molecule has 1 heterocycles. The summed E-state index contributed by atoms with van der Waals surface area (Å²) >= 11 is 0. The molecule has 2 N–H and O–H groups in total. The number of aromatic amines is 1. The van der Waals surface area contributed by atoms with Crippen molar-refractivity contribution in [3.8, 4) is 17.0 Å². The molecule has 0 aliphatic carbocycles. The van der Waals surface area contributed by atoms with Gasteiger partial charge in [0.2, 0.25) is 0 Å². The number of aliphatic hydroxyl groups excluding tert-OH is 1. The summed E-state index contributed by atoms with van der Waals surface area (Å²) in [6, 6.07) is 9.53. The number of aromatic nitrogens is 1. The van der Waals surface area contributed by atoms with E-state index in [1.807, 2.05) is 44.2 Å². The van der Waals surface area contributed by atoms with Gasteiger partial charge in [0.05, 0.1) is 13.2 Å². The number of rotatable bonds is 6. The Morgan fingerprint density at radius 2 is 2.00 bits per heavy atom. The van der Waals surface area contributed by atoms with Crippen molar-refractivity contribution in [2.75, 3.05) is 19.8 Å². The van der Waals surface area contributed by atoms with Crippen LogP contribution in [-0.2, 0) is 4.74 Å². The Bertz CT molecular complexity index is 601. The van der Waals surface area contributed by atoms with Crippen LogP contribution in [0.15, 0.2) is 30.3 Å². The fourth-order valence-corrected chi connectivity index (χ4v) is 2.03. The summed E-state index contributed by atoms with van der Waals surface area (Å²) in [6.07, 6.45) is 0. The minimum absolute atomic E-state index is 0.00429. The van der Waals surface area contributed by atoms with Gasteiger partial charge in [-0.1, -0.05) is 0 Å². The highest BCUT2D eigenvalue weighted by atomic mass is 16.5. The highest BCUT2D eigenvalue weighted by Crippen LogP contribution is 2.24. The summed E-state index contributed by atoms with van der Waals surface area (Å²) in [6.45, 7) is 4.21. The Labute approximate surface area is 123 Å². The van der Waals surface area contributed by atoms with Crippen molar-refractivity contribution >= 4 is 5.97 Å². The van der Waals surface area contributed by atoms with Crippen molar-refractivity contribution in [3.63, 3.8) is 0 Å². The zero-order chi connectivity index (χ0) is 15.2. The van der Waals surface area contributed by atoms with Gasteiger partial charge in [-0.25, -0.2) is 4.79 Å². The molecule has 0 unspecified atom stereocenters. The number of nitrogens with one attached hydrogen (secondary N) is 1. The molecule has 21 heavy (non-hydrogen) atoms. The summed E-state index contributed by atoms with van der Waals surface area (Å²) < 4.78 is 10.3. The van der Waals surface area contributed by atoms with Crippen molar-refractivity contribution in [1.29, 1.82) is 0 Å². The SMILES string of the molecule is CCOc1ccc(-c2cc(C)c(C(=O)OCCO)[nH]2)cc1. The minimum Gasteiger partial charge on any atom is -0.494 e. The van der Waals surface area contributed by atoms with Gasteiger partial charge in [0.15, 0.2) is 0 Å². The topological polar surface area (TPSA) is 71.6 Å². The van der Waals surface area contributed by atoms with Crippen LogP contribution in [0.2, 0.25) is 0 Å². The number of aliphatic hydroxyl groups is 1. The lowest BCUT2D eigenvalue weighted by Gasteiger charge is -2.04. The molecular weight excluding hydrogens is 270 g/mol. The van der Waals surface area contributed by atoms with E-state index in [1.165, 1.54) is 0 Å². The van der Waals surface area contributed by atoms with Crippen molar-refractivity contribution in [2.45, 2.75) is 13.8 Å². The number of H-pyrrole nitrogens is 1. The van der Waals surface area contributed by atoms with Gasteiger partial charge >= 0.3 is 5.97 Å². The Morgan fingerprint density at radius 3 is 2.62 bits per heavy atom. The van der Waals surface area contributed by atoms with Crippen LogP contribution in [0.5, 0.6) is 5.75 Å². The molecule has 112 valence electrons. The summed E-state index contributed by atoms with van der Waals surface area (Å²) in [4.78, 5) is 14.9. The van der Waals surface area contributed by atoms with Crippen LogP contribution >= 0.6 is 0 Å². The van der Waals surface area contributed by atoms with E-state index in [2.05, 4.69) is 4.98 Å². The first-order valence-corrected chi connectivity index (χ1v) is 6.86. The van der Waals surface area contributed by atoms with Gasteiger partial charge in [-0.15, -0.1) is 0 Å². The van der Waals surface area contributed by atoms with Gasteiger partial charge in [-0.05, 0) is 55.3 Å². The average Bonchev–Trinajstić information content (AvgIpc) is 2.88. The van der Waals surface area contributed by atoms with E-state index >= 15 is 0 Å². The summed E-state index contributed by atoms with van der Waals surface area (Å²) in [5.41, 5.74) is 3.02. The lowest BCUT2D eigenvalue weighted by molar-refractivity contribution is 0.0427. The lowest BCUT2D eigenvalue weighted by Crippen LogP contribution is -2.10. The Hall–Kier alpha value is -2.27. The molecule has 0 radical (unpaired) electrons. The lowest BCUT2D eigenvalue weighted by atomic mass is 10.1. The molecule has 2 aromatic rings. The molecule has 0 bridgehead atoms. The average molecular weight is 289 g/mol. The molecule has 0 atom stereocenters. The zero-order valence-electron chi connectivity index (χ0n) is 12.2. The molecule has 1 aromatic heterocycles. The van der Waals surface area contributed by atoms with E-state index in [0.717, 1.165) is 22.6 Å². The second-order valence-electron chi connectivity index (χ2n) is 4.56. The molecule has 5 nitrogen and oxygen atoms in total. The van der Waals surface area contributed by atoms with E-state index in [0.29, 0.717) is 12.3 Å². The fourth-order valence-electron chi connectivity index (χ4n) is 2.03. The van der Waals surface area contributed by atoms with Crippen molar-refractivity contribution in [3.05, 3.63) is 41.6 Å². The number of aryl methyl sites for hydroxylation is 1.